The molecule has 2 saturated heterocycles. The first-order chi connectivity index (χ1) is 16.5. The molecule has 2 amide bonds. The minimum absolute atomic E-state index is 0.260. The van der Waals surface area contributed by atoms with Gasteiger partial charge in [0.25, 0.3) is 5.91 Å². The fourth-order valence-electron chi connectivity index (χ4n) is 4.72. The lowest BCUT2D eigenvalue weighted by molar-refractivity contribution is -0.126. The van der Waals surface area contributed by atoms with E-state index >= 15 is 0 Å². The number of para-hydroxylation sites is 2. The molecule has 0 aliphatic carbocycles. The van der Waals surface area contributed by atoms with Crippen LogP contribution in [-0.2, 0) is 14.4 Å². The molecule has 4 aromatic rings. The number of pyridine rings is 1. The predicted molar refractivity (Wildman–Crippen MR) is 131 cm³/mol. The maximum atomic E-state index is 13.7. The number of hydrogen-bond acceptors (Lipinski definition) is 5. The lowest BCUT2D eigenvalue weighted by atomic mass is 9.90. The quantitative estimate of drug-likeness (QED) is 0.277. The largest absolute Gasteiger partial charge is 0.273 e. The molecule has 0 unspecified atom stereocenters. The minimum atomic E-state index is -1.00. The van der Waals surface area contributed by atoms with Crippen molar-refractivity contribution in [1.82, 2.24) is 4.98 Å². The van der Waals surface area contributed by atoms with E-state index < -0.39 is 24.0 Å². The normalized spacial score (nSPS) is 22.0. The summed E-state index contributed by atoms with van der Waals surface area (Å²) in [5.74, 6) is -1.62. The molecule has 0 N–H and O–H groups in total. The number of nitrogens with zero attached hydrogens (tertiary/aromatic N) is 3. The second kappa shape index (κ2) is 8.09. The maximum Gasteiger partial charge on any atom is 0.266 e. The number of benzene rings is 3. The Labute approximate surface area is 205 Å². The number of carbonyl (C=O) groups is 2. The molecule has 168 valence electrons. The van der Waals surface area contributed by atoms with Gasteiger partial charge in [-0.2, -0.15) is 0 Å². The number of fused-ring (bicyclic) bond motifs is 2. The summed E-state index contributed by atoms with van der Waals surface area (Å²) in [4.78, 5) is 39.0. The van der Waals surface area contributed by atoms with Crippen LogP contribution in [-0.4, -0.2) is 22.9 Å². The van der Waals surface area contributed by atoms with E-state index in [4.69, 9.17) is 28.0 Å². The third-order valence-corrected chi connectivity index (χ3v) is 6.75. The number of imide groups is 1. The number of carbonyl (C=O) groups excluding carboxylic acids is 2. The third kappa shape index (κ3) is 3.26. The molecule has 1 aromatic heterocycles. The topological polar surface area (TPSA) is 62.7 Å². The molecular formula is C26H17Cl2N3O3. The highest BCUT2D eigenvalue weighted by molar-refractivity contribution is 6.32. The SMILES string of the molecule is O=C1[C@H]2[C@H](ON(c3ccccc3)[C@H]2c2cc3ccccc3nc2Cl)C(=O)N1c1cccc(Cl)c1. The van der Waals surface area contributed by atoms with Crippen LogP contribution >= 0.6 is 23.2 Å². The van der Waals surface area contributed by atoms with E-state index in [1.807, 2.05) is 60.7 Å². The van der Waals surface area contributed by atoms with Crippen molar-refractivity contribution in [2.45, 2.75) is 12.1 Å². The number of halogens is 2. The summed E-state index contributed by atoms with van der Waals surface area (Å²) in [6, 6.07) is 24.9. The van der Waals surface area contributed by atoms with Gasteiger partial charge in [-0.3, -0.25) is 14.4 Å². The van der Waals surface area contributed by atoms with Crippen LogP contribution < -0.4 is 9.96 Å². The lowest BCUT2D eigenvalue weighted by Gasteiger charge is -2.29. The summed E-state index contributed by atoms with van der Waals surface area (Å²) < 4.78 is 0. The fraction of sp³-hybridized carbons (Fsp3) is 0.115. The van der Waals surface area contributed by atoms with Crippen molar-refractivity contribution in [3.8, 4) is 0 Å². The molecule has 0 spiro atoms. The van der Waals surface area contributed by atoms with Gasteiger partial charge in [0.05, 0.1) is 22.9 Å². The monoisotopic (exact) mass is 489 g/mol. The van der Waals surface area contributed by atoms with Crippen LogP contribution in [0.2, 0.25) is 10.2 Å². The van der Waals surface area contributed by atoms with Crippen LogP contribution in [0.5, 0.6) is 0 Å². The maximum absolute atomic E-state index is 13.7. The van der Waals surface area contributed by atoms with Gasteiger partial charge >= 0.3 is 0 Å². The second-order valence-electron chi connectivity index (χ2n) is 8.21. The van der Waals surface area contributed by atoms with Crippen molar-refractivity contribution in [3.63, 3.8) is 0 Å². The first-order valence-electron chi connectivity index (χ1n) is 10.7. The van der Waals surface area contributed by atoms with Crippen molar-refractivity contribution >= 4 is 57.3 Å². The van der Waals surface area contributed by atoms with Gasteiger partial charge in [-0.05, 0) is 42.5 Å². The molecule has 3 atom stereocenters. The van der Waals surface area contributed by atoms with Crippen LogP contribution in [0, 0.1) is 5.92 Å². The van der Waals surface area contributed by atoms with E-state index in [0.717, 1.165) is 15.8 Å². The summed E-state index contributed by atoms with van der Waals surface area (Å²) in [7, 11) is 0. The lowest BCUT2D eigenvalue weighted by Crippen LogP contribution is -2.37. The average Bonchev–Trinajstić information content (AvgIpc) is 3.35. The number of rotatable bonds is 3. The van der Waals surface area contributed by atoms with E-state index in [9.17, 15) is 9.59 Å². The molecule has 8 heteroatoms. The molecule has 6 nitrogen and oxygen atoms in total. The number of hydroxylamine groups is 1. The molecule has 0 bridgehead atoms. The Morgan fingerprint density at radius 2 is 1.53 bits per heavy atom. The Kier molecular flexibility index (Phi) is 5.03. The average molecular weight is 490 g/mol. The first-order valence-corrected chi connectivity index (χ1v) is 11.5. The highest BCUT2D eigenvalue weighted by Crippen LogP contribution is 2.49. The molecule has 2 aliphatic heterocycles. The number of hydrogen-bond donors (Lipinski definition) is 0. The zero-order chi connectivity index (χ0) is 23.4. The van der Waals surface area contributed by atoms with Crippen LogP contribution in [0.1, 0.15) is 11.6 Å². The Morgan fingerprint density at radius 3 is 2.32 bits per heavy atom. The molecule has 2 fully saturated rings. The van der Waals surface area contributed by atoms with Crippen LogP contribution in [0.3, 0.4) is 0 Å². The van der Waals surface area contributed by atoms with Gasteiger partial charge in [0.15, 0.2) is 6.10 Å². The summed E-state index contributed by atoms with van der Waals surface area (Å²) in [5.41, 5.74) is 2.48. The Hall–Kier alpha value is -3.45. The van der Waals surface area contributed by atoms with Crippen molar-refractivity contribution in [3.05, 3.63) is 101 Å². The van der Waals surface area contributed by atoms with Crippen LogP contribution in [0.15, 0.2) is 84.9 Å². The molecule has 3 heterocycles. The molecule has 0 radical (unpaired) electrons. The summed E-state index contributed by atoms with van der Waals surface area (Å²) in [5, 5.41) is 3.18. The second-order valence-corrected chi connectivity index (χ2v) is 9.01. The Balaban J connectivity index is 1.50. The van der Waals surface area contributed by atoms with E-state index in [2.05, 4.69) is 4.98 Å². The highest BCUT2D eigenvalue weighted by Gasteiger charge is 2.60. The van der Waals surface area contributed by atoms with Gasteiger partial charge in [-0.1, -0.05) is 65.7 Å². The molecule has 34 heavy (non-hydrogen) atoms. The van der Waals surface area contributed by atoms with Gasteiger partial charge in [-0.25, -0.2) is 14.9 Å². The van der Waals surface area contributed by atoms with Crippen LogP contribution in [0.25, 0.3) is 10.9 Å². The fourth-order valence-corrected chi connectivity index (χ4v) is 5.16. The molecule has 3 aromatic carbocycles. The Bertz CT molecular complexity index is 1450. The van der Waals surface area contributed by atoms with E-state index in [0.29, 0.717) is 22.0 Å². The smallest absolute Gasteiger partial charge is 0.266 e. The van der Waals surface area contributed by atoms with Crippen molar-refractivity contribution < 1.29 is 14.4 Å². The molecule has 2 aliphatic rings. The minimum Gasteiger partial charge on any atom is -0.273 e. The van der Waals surface area contributed by atoms with Crippen molar-refractivity contribution in [1.29, 1.82) is 0 Å². The van der Waals surface area contributed by atoms with Gasteiger partial charge in [0.1, 0.15) is 11.1 Å². The van der Waals surface area contributed by atoms with Crippen molar-refractivity contribution in [2.75, 3.05) is 9.96 Å². The zero-order valence-electron chi connectivity index (χ0n) is 17.6. The summed E-state index contributed by atoms with van der Waals surface area (Å²) >= 11 is 12.8. The number of amides is 2. The third-order valence-electron chi connectivity index (χ3n) is 6.22. The zero-order valence-corrected chi connectivity index (χ0v) is 19.1. The molecule has 0 saturated carbocycles. The van der Waals surface area contributed by atoms with E-state index in [1.54, 1.807) is 29.3 Å². The number of aromatic nitrogens is 1. The first kappa shape index (κ1) is 21.1. The summed E-state index contributed by atoms with van der Waals surface area (Å²) in [6.45, 7) is 0. The van der Waals surface area contributed by atoms with Crippen LogP contribution in [0.4, 0.5) is 11.4 Å². The molecule has 6 rings (SSSR count). The van der Waals surface area contributed by atoms with Gasteiger partial charge in [0.2, 0.25) is 5.91 Å². The highest BCUT2D eigenvalue weighted by atomic mass is 35.5. The molecular weight excluding hydrogens is 473 g/mol. The van der Waals surface area contributed by atoms with E-state index in [-0.39, 0.29) is 11.1 Å². The van der Waals surface area contributed by atoms with Gasteiger partial charge in [0, 0.05) is 16.0 Å². The Morgan fingerprint density at radius 1 is 0.794 bits per heavy atom. The van der Waals surface area contributed by atoms with E-state index in [1.165, 1.54) is 0 Å². The van der Waals surface area contributed by atoms with Crippen molar-refractivity contribution in [2.24, 2.45) is 5.92 Å². The number of anilines is 2. The predicted octanol–water partition coefficient (Wildman–Crippen LogP) is 5.59. The van der Waals surface area contributed by atoms with Gasteiger partial charge < -0.3 is 0 Å². The van der Waals surface area contributed by atoms with Gasteiger partial charge in [-0.15, -0.1) is 0 Å². The summed E-state index contributed by atoms with van der Waals surface area (Å²) in [6.07, 6.45) is -1.00. The standard InChI is InChI=1S/C26H17Cl2N3O3/c27-16-8-6-11-18(14-16)30-25(32)21-22(19-13-15-7-4-5-12-20(15)29-24(19)28)31(34-23(21)26(30)33)17-9-2-1-3-10-17/h1-14,21-23H/t21-,22+,23+/m1/s1.